The van der Waals surface area contributed by atoms with Gasteiger partial charge in [0.25, 0.3) is 0 Å². The lowest BCUT2D eigenvalue weighted by atomic mass is 9.69. The van der Waals surface area contributed by atoms with E-state index in [0.717, 1.165) is 19.4 Å². The van der Waals surface area contributed by atoms with Gasteiger partial charge in [-0.25, -0.2) is 0 Å². The summed E-state index contributed by atoms with van der Waals surface area (Å²) in [4.78, 5) is 0. The third-order valence-electron chi connectivity index (χ3n) is 5.18. The van der Waals surface area contributed by atoms with Crippen molar-refractivity contribution < 1.29 is 14.2 Å². The van der Waals surface area contributed by atoms with E-state index in [1.165, 1.54) is 18.4 Å². The Morgan fingerprint density at radius 3 is 2.74 bits per heavy atom. The largest absolute Gasteiger partial charge is 0.381 e. The molecule has 2 heterocycles. The molecule has 0 radical (unpaired) electrons. The van der Waals surface area contributed by atoms with Gasteiger partial charge in [-0.1, -0.05) is 11.6 Å². The van der Waals surface area contributed by atoms with Crippen LogP contribution in [0.1, 0.15) is 46.5 Å². The summed E-state index contributed by atoms with van der Waals surface area (Å²) in [6.45, 7) is 7.43. The minimum atomic E-state index is -0.0520. The SMILES string of the molecule is CO[C@@H]1CCC[C@]2(CO2)C1[C@]1(C)OC1CC=C(C)C. The molecule has 1 spiro atoms. The third kappa shape index (κ3) is 2.26. The van der Waals surface area contributed by atoms with Crippen LogP contribution < -0.4 is 0 Å². The fourth-order valence-electron chi connectivity index (χ4n) is 4.00. The molecule has 3 fully saturated rings. The maximum absolute atomic E-state index is 6.10. The molecule has 5 atom stereocenters. The maximum atomic E-state index is 6.10. The first-order valence-electron chi connectivity index (χ1n) is 7.50. The first kappa shape index (κ1) is 13.6. The van der Waals surface area contributed by atoms with E-state index in [1.54, 1.807) is 0 Å². The Kier molecular flexibility index (Phi) is 3.27. The van der Waals surface area contributed by atoms with Crippen molar-refractivity contribution >= 4 is 0 Å². The van der Waals surface area contributed by atoms with E-state index < -0.39 is 0 Å². The van der Waals surface area contributed by atoms with Crippen LogP contribution in [0.5, 0.6) is 0 Å². The topological polar surface area (TPSA) is 34.3 Å². The Morgan fingerprint density at radius 2 is 2.16 bits per heavy atom. The number of allylic oxidation sites excluding steroid dienone is 1. The van der Waals surface area contributed by atoms with Crippen LogP contribution in [-0.2, 0) is 14.2 Å². The quantitative estimate of drug-likeness (QED) is 0.579. The van der Waals surface area contributed by atoms with Crippen molar-refractivity contribution in [3.05, 3.63) is 11.6 Å². The van der Waals surface area contributed by atoms with Gasteiger partial charge >= 0.3 is 0 Å². The summed E-state index contributed by atoms with van der Waals surface area (Å²) in [5.41, 5.74) is 1.37. The molecule has 0 N–H and O–H groups in total. The van der Waals surface area contributed by atoms with Crippen molar-refractivity contribution in [2.24, 2.45) is 5.92 Å². The van der Waals surface area contributed by atoms with Gasteiger partial charge in [0, 0.05) is 13.0 Å². The highest BCUT2D eigenvalue weighted by molar-refractivity contribution is 5.19. The molecule has 2 saturated heterocycles. The highest BCUT2D eigenvalue weighted by Gasteiger charge is 2.70. The first-order valence-corrected chi connectivity index (χ1v) is 7.50. The van der Waals surface area contributed by atoms with Gasteiger partial charge in [0.2, 0.25) is 0 Å². The molecule has 1 aliphatic carbocycles. The minimum Gasteiger partial charge on any atom is -0.381 e. The Labute approximate surface area is 116 Å². The van der Waals surface area contributed by atoms with Crippen molar-refractivity contribution in [1.29, 1.82) is 0 Å². The van der Waals surface area contributed by atoms with Crippen LogP contribution in [0.2, 0.25) is 0 Å². The smallest absolute Gasteiger partial charge is 0.100 e. The predicted molar refractivity (Wildman–Crippen MR) is 74.1 cm³/mol. The number of methoxy groups -OCH3 is 1. The number of epoxide rings is 2. The minimum absolute atomic E-state index is 0.0520. The van der Waals surface area contributed by atoms with Crippen LogP contribution in [0.25, 0.3) is 0 Å². The fraction of sp³-hybridized carbons (Fsp3) is 0.875. The lowest BCUT2D eigenvalue weighted by Gasteiger charge is -2.38. The van der Waals surface area contributed by atoms with Gasteiger partial charge in [-0.3, -0.25) is 0 Å². The van der Waals surface area contributed by atoms with Crippen molar-refractivity contribution in [3.8, 4) is 0 Å². The van der Waals surface area contributed by atoms with Crippen molar-refractivity contribution in [2.75, 3.05) is 13.7 Å². The van der Waals surface area contributed by atoms with E-state index in [1.807, 2.05) is 7.11 Å². The predicted octanol–water partition coefficient (Wildman–Crippen LogP) is 3.08. The summed E-state index contributed by atoms with van der Waals surface area (Å²) in [5, 5.41) is 0. The number of rotatable bonds is 4. The van der Waals surface area contributed by atoms with Gasteiger partial charge in [-0.2, -0.15) is 0 Å². The lowest BCUT2D eigenvalue weighted by molar-refractivity contribution is -0.0492. The molecule has 19 heavy (non-hydrogen) atoms. The normalized spacial score (nSPS) is 48.1. The average Bonchev–Trinajstić information content (AvgIpc) is 3.26. The monoisotopic (exact) mass is 266 g/mol. The molecule has 0 aromatic heterocycles. The molecular formula is C16H26O3. The molecule has 108 valence electrons. The summed E-state index contributed by atoms with van der Waals surface area (Å²) in [5.74, 6) is 0.398. The second-order valence-corrected chi connectivity index (χ2v) is 6.81. The zero-order valence-electron chi connectivity index (χ0n) is 12.6. The van der Waals surface area contributed by atoms with E-state index in [0.29, 0.717) is 12.0 Å². The highest BCUT2D eigenvalue weighted by Crippen LogP contribution is 2.59. The summed E-state index contributed by atoms with van der Waals surface area (Å²) >= 11 is 0. The molecule has 3 nitrogen and oxygen atoms in total. The standard InChI is InChI=1S/C16H26O3/c1-11(2)7-8-13-15(3,19-13)14-12(17-4)6-5-9-16(14)10-18-16/h7,12-14H,5-6,8-10H2,1-4H3/t12-,13?,14?,15-,16+/m1/s1. The Hall–Kier alpha value is -0.380. The van der Waals surface area contributed by atoms with Gasteiger partial charge in [0.05, 0.1) is 24.4 Å². The molecule has 2 aliphatic heterocycles. The molecule has 1 saturated carbocycles. The van der Waals surface area contributed by atoms with Crippen LogP contribution in [0.3, 0.4) is 0 Å². The molecular weight excluding hydrogens is 240 g/mol. The molecule has 3 rings (SSSR count). The van der Waals surface area contributed by atoms with Crippen LogP contribution in [0.15, 0.2) is 11.6 Å². The molecule has 0 aromatic carbocycles. The third-order valence-corrected chi connectivity index (χ3v) is 5.18. The van der Waals surface area contributed by atoms with Gasteiger partial charge in [0.1, 0.15) is 5.60 Å². The van der Waals surface area contributed by atoms with Gasteiger partial charge < -0.3 is 14.2 Å². The van der Waals surface area contributed by atoms with Crippen LogP contribution >= 0.6 is 0 Å². The van der Waals surface area contributed by atoms with Crippen molar-refractivity contribution in [1.82, 2.24) is 0 Å². The van der Waals surface area contributed by atoms with Crippen molar-refractivity contribution in [3.63, 3.8) is 0 Å². The number of hydrogen-bond donors (Lipinski definition) is 0. The molecule has 0 amide bonds. The first-order chi connectivity index (χ1) is 9.02. The molecule has 0 aromatic rings. The average molecular weight is 266 g/mol. The van der Waals surface area contributed by atoms with Crippen LogP contribution in [-0.4, -0.2) is 37.1 Å². The Morgan fingerprint density at radius 1 is 1.42 bits per heavy atom. The van der Waals surface area contributed by atoms with Gasteiger partial charge in [-0.15, -0.1) is 0 Å². The summed E-state index contributed by atoms with van der Waals surface area (Å²) < 4.78 is 17.7. The molecule has 3 heteroatoms. The highest BCUT2D eigenvalue weighted by atomic mass is 16.6. The van der Waals surface area contributed by atoms with Gasteiger partial charge in [0.15, 0.2) is 0 Å². The summed E-state index contributed by atoms with van der Waals surface area (Å²) in [6.07, 6.45) is 7.45. The number of hydrogen-bond acceptors (Lipinski definition) is 3. The van der Waals surface area contributed by atoms with Crippen LogP contribution in [0, 0.1) is 5.92 Å². The lowest BCUT2D eigenvalue weighted by Crippen LogP contribution is -2.48. The van der Waals surface area contributed by atoms with Gasteiger partial charge in [-0.05, 0) is 46.5 Å². The van der Waals surface area contributed by atoms with E-state index in [4.69, 9.17) is 14.2 Å². The second-order valence-electron chi connectivity index (χ2n) is 6.81. The number of ether oxygens (including phenoxy) is 3. The Bertz CT molecular complexity index is 381. The molecule has 3 aliphatic rings. The second kappa shape index (κ2) is 4.57. The van der Waals surface area contributed by atoms with Crippen LogP contribution in [0.4, 0.5) is 0 Å². The van der Waals surface area contributed by atoms with E-state index in [-0.39, 0.29) is 17.3 Å². The molecule has 0 bridgehead atoms. The summed E-state index contributed by atoms with van der Waals surface area (Å²) in [6, 6.07) is 0. The molecule has 2 unspecified atom stereocenters. The fourth-order valence-corrected chi connectivity index (χ4v) is 4.00. The van der Waals surface area contributed by atoms with E-state index in [9.17, 15) is 0 Å². The van der Waals surface area contributed by atoms with Crippen molar-refractivity contribution in [2.45, 2.75) is 69.9 Å². The van der Waals surface area contributed by atoms with E-state index in [2.05, 4.69) is 26.8 Å². The van der Waals surface area contributed by atoms with E-state index >= 15 is 0 Å². The Balaban J connectivity index is 1.74. The summed E-state index contributed by atoms with van der Waals surface area (Å²) in [7, 11) is 1.83. The zero-order valence-corrected chi connectivity index (χ0v) is 12.6. The zero-order chi connectivity index (χ0) is 13.7. The maximum Gasteiger partial charge on any atom is 0.100 e.